The number of aryl methyl sites for hydroxylation is 1. The molecule has 0 saturated heterocycles. The van der Waals surface area contributed by atoms with Crippen LogP contribution < -0.4 is 10.6 Å². The fourth-order valence-corrected chi connectivity index (χ4v) is 3.09. The van der Waals surface area contributed by atoms with Crippen molar-refractivity contribution >= 4 is 22.5 Å². The summed E-state index contributed by atoms with van der Waals surface area (Å²) >= 11 is 0. The van der Waals surface area contributed by atoms with Crippen LogP contribution in [0.2, 0.25) is 0 Å². The largest absolute Gasteiger partial charge is 0.334 e. The summed E-state index contributed by atoms with van der Waals surface area (Å²) in [4.78, 5) is 12.1. The Bertz CT molecular complexity index is 749. The van der Waals surface area contributed by atoms with E-state index in [0.717, 1.165) is 11.1 Å². The molecular weight excluding hydrogens is 332 g/mol. The fraction of sp³-hybridized carbons (Fsp3) is 0.350. The van der Waals surface area contributed by atoms with Gasteiger partial charge in [0.2, 0.25) is 0 Å². The van der Waals surface area contributed by atoms with Gasteiger partial charge in [-0.05, 0) is 51.0 Å². The molecule has 5 heteroatoms. The maximum Gasteiger partial charge on any atom is 0.319 e. The molecule has 0 aliphatic rings. The van der Waals surface area contributed by atoms with E-state index >= 15 is 0 Å². The molecule has 25 heavy (non-hydrogen) atoms. The molecule has 2 aromatic carbocycles. The maximum absolute atomic E-state index is 12.3. The zero-order valence-corrected chi connectivity index (χ0v) is 16.1. The van der Waals surface area contributed by atoms with Crippen molar-refractivity contribution in [2.45, 2.75) is 44.7 Å². The molecule has 0 radical (unpaired) electrons. The fourth-order valence-electron chi connectivity index (χ4n) is 2.17. The Hall–Kier alpha value is -2.14. The quantitative estimate of drug-likeness (QED) is 0.834. The van der Waals surface area contributed by atoms with Crippen molar-refractivity contribution in [1.82, 2.24) is 5.32 Å². The highest BCUT2D eigenvalue weighted by Crippen LogP contribution is 2.18. The van der Waals surface area contributed by atoms with Crippen LogP contribution in [0.1, 0.15) is 37.5 Å². The van der Waals surface area contributed by atoms with Gasteiger partial charge < -0.3 is 10.6 Å². The third kappa shape index (κ3) is 6.35. The molecule has 0 aliphatic heterocycles. The van der Waals surface area contributed by atoms with E-state index in [1.807, 2.05) is 76.2 Å². The van der Waals surface area contributed by atoms with Gasteiger partial charge in [0.1, 0.15) is 0 Å². The van der Waals surface area contributed by atoms with Crippen LogP contribution in [0.15, 0.2) is 48.5 Å². The van der Waals surface area contributed by atoms with Gasteiger partial charge in [-0.3, -0.25) is 4.21 Å². The normalized spacial score (nSPS) is 12.5. The van der Waals surface area contributed by atoms with Crippen molar-refractivity contribution < 1.29 is 9.00 Å². The zero-order chi connectivity index (χ0) is 18.4. The number of nitrogens with one attached hydrogen (secondary N) is 2. The number of benzene rings is 2. The van der Waals surface area contributed by atoms with Gasteiger partial charge in [0, 0.05) is 33.5 Å². The molecule has 4 nitrogen and oxygen atoms in total. The minimum atomic E-state index is -0.968. The third-order valence-corrected chi connectivity index (χ3v) is 5.70. The average Bonchev–Trinajstić information content (AvgIpc) is 2.54. The summed E-state index contributed by atoms with van der Waals surface area (Å²) in [7, 11) is -0.968. The minimum absolute atomic E-state index is 0.255. The highest BCUT2D eigenvalue weighted by molar-refractivity contribution is 7.85. The van der Waals surface area contributed by atoms with Crippen molar-refractivity contribution in [2.75, 3.05) is 5.32 Å². The Morgan fingerprint density at radius 2 is 1.72 bits per heavy atom. The Balaban J connectivity index is 1.91. The lowest BCUT2D eigenvalue weighted by Gasteiger charge is -2.18. The summed E-state index contributed by atoms with van der Waals surface area (Å²) in [5.41, 5.74) is 3.89. The topological polar surface area (TPSA) is 58.2 Å². The second-order valence-electron chi connectivity index (χ2n) is 7.10. The van der Waals surface area contributed by atoms with E-state index in [1.54, 1.807) is 0 Å². The molecule has 0 aliphatic carbocycles. The van der Waals surface area contributed by atoms with Gasteiger partial charge in [-0.1, -0.05) is 42.0 Å². The smallest absolute Gasteiger partial charge is 0.319 e. The number of amides is 2. The van der Waals surface area contributed by atoms with Crippen LogP contribution in [0, 0.1) is 6.92 Å². The van der Waals surface area contributed by atoms with Crippen LogP contribution in [0.25, 0.3) is 0 Å². The van der Waals surface area contributed by atoms with E-state index in [9.17, 15) is 9.00 Å². The molecular formula is C20H26N2O2S. The van der Waals surface area contributed by atoms with E-state index < -0.39 is 10.8 Å². The Morgan fingerprint density at radius 1 is 1.04 bits per heavy atom. The minimum Gasteiger partial charge on any atom is -0.334 e. The van der Waals surface area contributed by atoms with Gasteiger partial charge in [-0.25, -0.2) is 4.79 Å². The van der Waals surface area contributed by atoms with Crippen LogP contribution in [-0.2, 0) is 23.1 Å². The first-order valence-electron chi connectivity index (χ1n) is 8.32. The molecule has 0 aromatic heterocycles. The summed E-state index contributed by atoms with van der Waals surface area (Å²) < 4.78 is 12.0. The predicted octanol–water partition coefficient (Wildman–Crippen LogP) is 4.36. The van der Waals surface area contributed by atoms with Crippen LogP contribution >= 0.6 is 0 Å². The lowest BCUT2D eigenvalue weighted by atomic mass is 10.1. The molecule has 2 amide bonds. The number of hydrogen-bond acceptors (Lipinski definition) is 2. The second-order valence-corrected chi connectivity index (χ2v) is 9.30. The lowest BCUT2D eigenvalue weighted by Crippen LogP contribution is -2.28. The first-order chi connectivity index (χ1) is 11.7. The Labute approximate surface area is 152 Å². The average molecular weight is 359 g/mol. The number of anilines is 1. The van der Waals surface area contributed by atoms with Crippen molar-refractivity contribution in [3.8, 4) is 0 Å². The van der Waals surface area contributed by atoms with E-state index in [1.165, 1.54) is 5.56 Å². The van der Waals surface area contributed by atoms with Crippen LogP contribution in [0.3, 0.4) is 0 Å². The molecule has 2 rings (SSSR count). The summed E-state index contributed by atoms with van der Waals surface area (Å²) in [6.07, 6.45) is 0. The Kier molecular flexibility index (Phi) is 6.37. The maximum atomic E-state index is 12.3. The van der Waals surface area contributed by atoms with E-state index in [4.69, 9.17) is 0 Å². The standard InChI is InChI=1S/C20H26N2O2S/c1-15-8-10-16(11-9-15)13-21-19(23)22-18-7-5-6-17(12-18)14-25(24)20(2,3)4/h5-12H,13-14H2,1-4H3,(H2,21,22,23). The highest BCUT2D eigenvalue weighted by atomic mass is 32.2. The lowest BCUT2D eigenvalue weighted by molar-refractivity contribution is 0.251. The van der Waals surface area contributed by atoms with Crippen LogP contribution in [0.4, 0.5) is 10.5 Å². The molecule has 2 aromatic rings. The zero-order valence-electron chi connectivity index (χ0n) is 15.3. The van der Waals surface area contributed by atoms with Gasteiger partial charge in [0.05, 0.1) is 0 Å². The summed E-state index contributed by atoms with van der Waals surface area (Å²) in [5.74, 6) is 0.476. The third-order valence-electron chi connectivity index (χ3n) is 3.74. The van der Waals surface area contributed by atoms with Crippen LogP contribution in [0.5, 0.6) is 0 Å². The molecule has 0 spiro atoms. The molecule has 134 valence electrons. The summed E-state index contributed by atoms with van der Waals surface area (Å²) in [5, 5.41) is 5.67. The van der Waals surface area contributed by atoms with E-state index in [-0.39, 0.29) is 10.8 Å². The highest BCUT2D eigenvalue weighted by Gasteiger charge is 2.19. The van der Waals surface area contributed by atoms with E-state index in [2.05, 4.69) is 10.6 Å². The first-order valence-corrected chi connectivity index (χ1v) is 9.64. The summed E-state index contributed by atoms with van der Waals surface area (Å²) in [6.45, 7) is 8.39. The van der Waals surface area contributed by atoms with E-state index in [0.29, 0.717) is 18.0 Å². The SMILES string of the molecule is Cc1ccc(CNC(=O)Nc2cccc(CS(=O)C(C)(C)C)c2)cc1. The first kappa shape index (κ1) is 19.2. The molecule has 0 saturated carbocycles. The molecule has 0 fully saturated rings. The summed E-state index contributed by atoms with van der Waals surface area (Å²) in [6, 6.07) is 15.3. The number of urea groups is 1. The van der Waals surface area contributed by atoms with Crippen molar-refractivity contribution in [3.05, 3.63) is 65.2 Å². The molecule has 0 bridgehead atoms. The second kappa shape index (κ2) is 8.30. The van der Waals surface area contributed by atoms with Gasteiger partial charge in [0.15, 0.2) is 0 Å². The van der Waals surface area contributed by atoms with Crippen molar-refractivity contribution in [3.63, 3.8) is 0 Å². The molecule has 1 atom stereocenters. The van der Waals surface area contributed by atoms with Gasteiger partial charge >= 0.3 is 6.03 Å². The monoisotopic (exact) mass is 358 g/mol. The van der Waals surface area contributed by atoms with Gasteiger partial charge in [-0.2, -0.15) is 0 Å². The number of rotatable bonds is 5. The molecule has 1 unspecified atom stereocenters. The predicted molar refractivity (Wildman–Crippen MR) is 105 cm³/mol. The number of carbonyl (C=O) groups excluding carboxylic acids is 1. The van der Waals surface area contributed by atoms with Crippen molar-refractivity contribution in [2.24, 2.45) is 0 Å². The van der Waals surface area contributed by atoms with Gasteiger partial charge in [-0.15, -0.1) is 0 Å². The van der Waals surface area contributed by atoms with Crippen molar-refractivity contribution in [1.29, 1.82) is 0 Å². The molecule has 0 heterocycles. The Morgan fingerprint density at radius 3 is 2.36 bits per heavy atom. The molecule has 2 N–H and O–H groups in total. The van der Waals surface area contributed by atoms with Crippen LogP contribution in [-0.4, -0.2) is 15.0 Å². The number of hydrogen-bond donors (Lipinski definition) is 2. The number of carbonyl (C=O) groups is 1. The van der Waals surface area contributed by atoms with Gasteiger partial charge in [0.25, 0.3) is 0 Å².